The highest BCUT2D eigenvalue weighted by molar-refractivity contribution is 5.46. The lowest BCUT2D eigenvalue weighted by Crippen LogP contribution is -2.04. The Labute approximate surface area is 234 Å². The summed E-state index contributed by atoms with van der Waals surface area (Å²) in [7, 11) is 0. The Hall–Kier alpha value is -2.74. The van der Waals surface area contributed by atoms with Gasteiger partial charge in [-0.15, -0.1) is 0 Å². The Bertz CT molecular complexity index is 950. The molecule has 0 spiro atoms. The summed E-state index contributed by atoms with van der Waals surface area (Å²) >= 11 is 0. The molecule has 0 amide bonds. The van der Waals surface area contributed by atoms with Crippen molar-refractivity contribution in [3.8, 4) is 5.75 Å². The van der Waals surface area contributed by atoms with E-state index in [0.29, 0.717) is 11.7 Å². The lowest BCUT2D eigenvalue weighted by molar-refractivity contribution is 0.475. The number of anilines is 1. The number of rotatable bonds is 12. The Morgan fingerprint density at radius 2 is 1.24 bits per heavy atom. The van der Waals surface area contributed by atoms with Gasteiger partial charge in [-0.25, -0.2) is 0 Å². The molecule has 2 nitrogen and oxygen atoms in total. The van der Waals surface area contributed by atoms with Gasteiger partial charge in [0.15, 0.2) is 0 Å². The summed E-state index contributed by atoms with van der Waals surface area (Å²) in [5.74, 6) is 0.856. The van der Waals surface area contributed by atoms with Crippen molar-refractivity contribution in [1.82, 2.24) is 0 Å². The minimum atomic E-state index is 0.329. The molecular formula is C36H55NO. The monoisotopic (exact) mass is 517 g/mol. The Kier molecular flexibility index (Phi) is 17.7. The summed E-state index contributed by atoms with van der Waals surface area (Å²) in [5.41, 5.74) is 13.8. The van der Waals surface area contributed by atoms with Crippen molar-refractivity contribution < 1.29 is 5.11 Å². The highest BCUT2D eigenvalue weighted by atomic mass is 16.3. The lowest BCUT2D eigenvalue weighted by Gasteiger charge is -2.17. The van der Waals surface area contributed by atoms with Gasteiger partial charge < -0.3 is 10.8 Å². The first-order chi connectivity index (χ1) is 18.3. The molecule has 0 heterocycles. The molecule has 2 heteroatoms. The molecule has 0 aliphatic carbocycles. The molecule has 3 aromatic rings. The summed E-state index contributed by atoms with van der Waals surface area (Å²) in [6.07, 6.45) is 14.1. The van der Waals surface area contributed by atoms with Crippen LogP contribution in [0.5, 0.6) is 5.75 Å². The molecule has 0 saturated heterocycles. The fourth-order valence-electron chi connectivity index (χ4n) is 4.50. The molecule has 0 aromatic heterocycles. The molecule has 1 unspecified atom stereocenters. The van der Waals surface area contributed by atoms with E-state index in [1.807, 2.05) is 25.1 Å². The number of hydrogen-bond donors (Lipinski definition) is 2. The SMILES string of the molecule is CCCCCCC.CCCCc1ccc(CC(C)c2ccc(N)cc2CCC)cc1.Cc1ccc(O)cc1. The van der Waals surface area contributed by atoms with Crippen LogP contribution in [0.4, 0.5) is 5.69 Å². The first-order valence-corrected chi connectivity index (χ1v) is 15.1. The van der Waals surface area contributed by atoms with Gasteiger partial charge >= 0.3 is 0 Å². The maximum absolute atomic E-state index is 8.76. The zero-order valence-corrected chi connectivity index (χ0v) is 25.2. The molecule has 38 heavy (non-hydrogen) atoms. The Balaban J connectivity index is 0.000000391. The predicted molar refractivity (Wildman–Crippen MR) is 169 cm³/mol. The number of phenolic OH excluding ortho intramolecular Hbond substituents is 1. The highest BCUT2D eigenvalue weighted by Crippen LogP contribution is 2.27. The van der Waals surface area contributed by atoms with Crippen molar-refractivity contribution in [3.05, 3.63) is 94.5 Å². The Morgan fingerprint density at radius 1 is 0.658 bits per heavy atom. The van der Waals surface area contributed by atoms with E-state index >= 15 is 0 Å². The minimum absolute atomic E-state index is 0.329. The van der Waals surface area contributed by atoms with Crippen LogP contribution < -0.4 is 5.73 Å². The van der Waals surface area contributed by atoms with Crippen molar-refractivity contribution in [1.29, 1.82) is 0 Å². The van der Waals surface area contributed by atoms with E-state index < -0.39 is 0 Å². The van der Waals surface area contributed by atoms with Crippen LogP contribution in [0.2, 0.25) is 0 Å². The topological polar surface area (TPSA) is 46.2 Å². The smallest absolute Gasteiger partial charge is 0.115 e. The molecule has 0 fully saturated rings. The van der Waals surface area contributed by atoms with Gasteiger partial charge in [0, 0.05) is 5.69 Å². The average Bonchev–Trinajstić information content (AvgIpc) is 2.91. The second-order valence-corrected chi connectivity index (χ2v) is 10.6. The number of benzene rings is 3. The van der Waals surface area contributed by atoms with Crippen LogP contribution in [0.15, 0.2) is 66.7 Å². The molecule has 0 bridgehead atoms. The number of hydrogen-bond acceptors (Lipinski definition) is 2. The number of nitrogen functional groups attached to an aromatic ring is 1. The third kappa shape index (κ3) is 14.3. The van der Waals surface area contributed by atoms with Crippen molar-refractivity contribution in [3.63, 3.8) is 0 Å². The van der Waals surface area contributed by atoms with E-state index in [1.54, 1.807) is 12.1 Å². The molecule has 3 aromatic carbocycles. The van der Waals surface area contributed by atoms with Crippen LogP contribution >= 0.6 is 0 Å². The number of phenols is 1. The molecular weight excluding hydrogens is 462 g/mol. The quantitative estimate of drug-likeness (QED) is 0.185. The van der Waals surface area contributed by atoms with Crippen LogP contribution in [0.3, 0.4) is 0 Å². The maximum atomic E-state index is 8.76. The van der Waals surface area contributed by atoms with Gasteiger partial charge in [0.2, 0.25) is 0 Å². The average molecular weight is 518 g/mol. The summed E-state index contributed by atoms with van der Waals surface area (Å²) in [4.78, 5) is 0. The van der Waals surface area contributed by atoms with E-state index in [2.05, 4.69) is 71.0 Å². The molecule has 0 aliphatic rings. The second-order valence-electron chi connectivity index (χ2n) is 10.6. The van der Waals surface area contributed by atoms with Gasteiger partial charge in [-0.05, 0) is 85.0 Å². The van der Waals surface area contributed by atoms with Crippen LogP contribution in [-0.2, 0) is 19.3 Å². The van der Waals surface area contributed by atoms with Crippen molar-refractivity contribution >= 4 is 5.69 Å². The number of unbranched alkanes of at least 4 members (excludes halogenated alkanes) is 5. The molecule has 0 radical (unpaired) electrons. The van der Waals surface area contributed by atoms with Crippen LogP contribution in [0, 0.1) is 6.92 Å². The van der Waals surface area contributed by atoms with Gasteiger partial charge in [-0.2, -0.15) is 0 Å². The van der Waals surface area contributed by atoms with Crippen LogP contribution in [-0.4, -0.2) is 5.11 Å². The van der Waals surface area contributed by atoms with Crippen LogP contribution in [0.25, 0.3) is 0 Å². The summed E-state index contributed by atoms with van der Waals surface area (Å²) in [6, 6.07) is 22.7. The number of nitrogens with two attached hydrogens (primary N) is 1. The molecule has 3 rings (SSSR count). The third-order valence-corrected chi connectivity index (χ3v) is 6.84. The first-order valence-electron chi connectivity index (χ1n) is 15.1. The van der Waals surface area contributed by atoms with E-state index in [4.69, 9.17) is 10.8 Å². The summed E-state index contributed by atoms with van der Waals surface area (Å²) < 4.78 is 0. The van der Waals surface area contributed by atoms with Gasteiger partial charge in [0.25, 0.3) is 0 Å². The fraction of sp³-hybridized carbons (Fsp3) is 0.500. The van der Waals surface area contributed by atoms with Crippen LogP contribution in [0.1, 0.15) is 120 Å². The van der Waals surface area contributed by atoms with Gasteiger partial charge in [-0.3, -0.25) is 0 Å². The van der Waals surface area contributed by atoms with Crippen molar-refractivity contribution in [2.45, 2.75) is 118 Å². The van der Waals surface area contributed by atoms with E-state index in [-0.39, 0.29) is 0 Å². The predicted octanol–water partition coefficient (Wildman–Crippen LogP) is 10.6. The number of aromatic hydroxyl groups is 1. The standard InChI is InChI=1S/C22H31N.C7H8O.C7H16/c1-4-6-8-18-9-11-19(12-10-18)15-17(3)22-14-13-21(23)16-20(22)7-5-2;1-6-2-4-7(8)5-3-6;1-3-5-7-6-4-2/h9-14,16-17H,4-8,15,23H2,1-3H3;2-5,8H,1H3;3-7H2,1-2H3. The zero-order valence-electron chi connectivity index (χ0n) is 25.2. The normalized spacial score (nSPS) is 11.1. The Morgan fingerprint density at radius 3 is 1.76 bits per heavy atom. The van der Waals surface area contributed by atoms with Gasteiger partial charge in [0.1, 0.15) is 5.75 Å². The van der Waals surface area contributed by atoms with Gasteiger partial charge in [-0.1, -0.05) is 128 Å². The van der Waals surface area contributed by atoms with E-state index in [1.165, 1.54) is 79.2 Å². The number of aryl methyl sites for hydroxylation is 3. The largest absolute Gasteiger partial charge is 0.508 e. The van der Waals surface area contributed by atoms with Gasteiger partial charge in [0.05, 0.1) is 0 Å². The second kappa shape index (κ2) is 20.3. The molecule has 210 valence electrons. The van der Waals surface area contributed by atoms with Crippen molar-refractivity contribution in [2.75, 3.05) is 5.73 Å². The van der Waals surface area contributed by atoms with E-state index in [0.717, 1.165) is 24.9 Å². The van der Waals surface area contributed by atoms with Crippen molar-refractivity contribution in [2.24, 2.45) is 0 Å². The summed E-state index contributed by atoms with van der Waals surface area (Å²) in [5, 5.41) is 8.76. The fourth-order valence-corrected chi connectivity index (χ4v) is 4.50. The molecule has 1 atom stereocenters. The lowest BCUT2D eigenvalue weighted by atomic mass is 9.88. The summed E-state index contributed by atoms with van der Waals surface area (Å²) in [6.45, 7) is 13.3. The maximum Gasteiger partial charge on any atom is 0.115 e. The minimum Gasteiger partial charge on any atom is -0.508 e. The molecule has 0 saturated carbocycles. The third-order valence-electron chi connectivity index (χ3n) is 6.84. The van der Waals surface area contributed by atoms with E-state index in [9.17, 15) is 0 Å². The first kappa shape index (κ1) is 33.3. The zero-order chi connectivity index (χ0) is 28.2. The highest BCUT2D eigenvalue weighted by Gasteiger charge is 2.11. The molecule has 3 N–H and O–H groups in total. The molecule has 0 aliphatic heterocycles.